The van der Waals surface area contributed by atoms with Crippen LogP contribution >= 0.6 is 11.6 Å². The highest BCUT2D eigenvalue weighted by atomic mass is 35.5. The van der Waals surface area contributed by atoms with Crippen LogP contribution in [0.1, 0.15) is 46.6 Å². The van der Waals surface area contributed by atoms with Gasteiger partial charge in [-0.25, -0.2) is 31.6 Å². The van der Waals surface area contributed by atoms with Gasteiger partial charge in [-0.3, -0.25) is 14.3 Å². The predicted molar refractivity (Wildman–Crippen MR) is 140 cm³/mol. The molecule has 3 heterocycles. The van der Waals surface area contributed by atoms with E-state index in [2.05, 4.69) is 15.0 Å². The number of aryl methyl sites for hydroxylation is 3. The molecule has 1 fully saturated rings. The molecule has 12 heteroatoms. The van der Waals surface area contributed by atoms with Gasteiger partial charge in [0.25, 0.3) is 5.56 Å². The molecule has 0 saturated heterocycles. The van der Waals surface area contributed by atoms with Crippen LogP contribution in [-0.4, -0.2) is 34.2 Å². The molecule has 0 N–H and O–H groups in total. The summed E-state index contributed by atoms with van der Waals surface area (Å²) in [5.74, 6) is -2.52. The quantitative estimate of drug-likeness (QED) is 0.318. The van der Waals surface area contributed by atoms with E-state index >= 15 is 8.78 Å². The number of aromatic nitrogens is 4. The van der Waals surface area contributed by atoms with Crippen LogP contribution in [-0.2, 0) is 9.84 Å². The first-order valence-corrected chi connectivity index (χ1v) is 14.1. The Morgan fingerprint density at radius 1 is 1.03 bits per heavy atom. The third-order valence-corrected chi connectivity index (χ3v) is 8.33. The normalized spacial score (nSPS) is 16.9. The molecule has 1 aliphatic rings. The molecule has 39 heavy (non-hydrogen) atoms. The van der Waals surface area contributed by atoms with Gasteiger partial charge in [-0.15, -0.1) is 0 Å². The minimum atomic E-state index is -3.93. The Morgan fingerprint density at radius 3 is 2.41 bits per heavy atom. The van der Waals surface area contributed by atoms with Gasteiger partial charge in [-0.05, 0) is 62.4 Å². The van der Waals surface area contributed by atoms with E-state index in [0.717, 1.165) is 23.1 Å². The van der Waals surface area contributed by atoms with Crippen molar-refractivity contribution in [1.82, 2.24) is 19.5 Å². The molecule has 5 rings (SSSR count). The summed E-state index contributed by atoms with van der Waals surface area (Å²) < 4.78 is 69.8. The maximum Gasteiger partial charge on any atom is 0.274 e. The van der Waals surface area contributed by atoms with Crippen molar-refractivity contribution in [3.8, 4) is 16.9 Å². The van der Waals surface area contributed by atoms with Crippen molar-refractivity contribution in [3.63, 3.8) is 0 Å². The second-order valence-corrected chi connectivity index (χ2v) is 12.0. The first kappa shape index (κ1) is 27.0. The molecular weight excluding hydrogens is 553 g/mol. The number of sulfone groups is 1. The summed E-state index contributed by atoms with van der Waals surface area (Å²) in [5.41, 5.74) is -0.249. The van der Waals surface area contributed by atoms with Crippen molar-refractivity contribution >= 4 is 21.4 Å². The van der Waals surface area contributed by atoms with Crippen molar-refractivity contribution in [3.05, 3.63) is 97.8 Å². The number of pyridine rings is 2. The van der Waals surface area contributed by atoms with E-state index in [9.17, 15) is 17.6 Å². The molecule has 0 radical (unpaired) electrons. The van der Waals surface area contributed by atoms with E-state index < -0.39 is 43.4 Å². The SMILES string of the molecule is Cc1cnc(-c2cccc(S(C)(=O)=O)c2F)c(F)c1-n1c(C)cc([C@H]2C[C@@H]2c2ncc(F)c(C)n2)c(Cl)c1=O. The molecule has 3 aromatic heterocycles. The van der Waals surface area contributed by atoms with Crippen molar-refractivity contribution in [2.75, 3.05) is 6.26 Å². The van der Waals surface area contributed by atoms with Gasteiger partial charge in [0.1, 0.15) is 21.4 Å². The molecule has 0 bridgehead atoms. The van der Waals surface area contributed by atoms with Crippen molar-refractivity contribution in [2.45, 2.75) is 43.9 Å². The first-order valence-electron chi connectivity index (χ1n) is 11.9. The lowest BCUT2D eigenvalue weighted by Gasteiger charge is -2.18. The lowest BCUT2D eigenvalue weighted by molar-refractivity contribution is 0.569. The molecule has 0 unspecified atom stereocenters. The Balaban J connectivity index is 1.61. The molecule has 0 amide bonds. The molecule has 7 nitrogen and oxygen atoms in total. The lowest BCUT2D eigenvalue weighted by atomic mass is 10.1. The number of rotatable bonds is 5. The fourth-order valence-corrected chi connectivity index (χ4v) is 5.80. The van der Waals surface area contributed by atoms with Crippen LogP contribution in [0.15, 0.2) is 46.3 Å². The average Bonchev–Trinajstić information content (AvgIpc) is 3.66. The summed E-state index contributed by atoms with van der Waals surface area (Å²) in [6, 6.07) is 5.26. The average molecular weight is 575 g/mol. The first-order chi connectivity index (χ1) is 18.3. The molecule has 1 aromatic carbocycles. The Kier molecular flexibility index (Phi) is 6.62. The van der Waals surface area contributed by atoms with Gasteiger partial charge in [0.05, 0.1) is 17.6 Å². The summed E-state index contributed by atoms with van der Waals surface area (Å²) in [6.45, 7) is 4.69. The summed E-state index contributed by atoms with van der Waals surface area (Å²) in [5, 5.41) is -0.116. The topological polar surface area (TPSA) is 94.8 Å². The third-order valence-electron chi connectivity index (χ3n) is 6.84. The highest BCUT2D eigenvalue weighted by Gasteiger charge is 2.44. The summed E-state index contributed by atoms with van der Waals surface area (Å²) in [4.78, 5) is 25.2. The van der Waals surface area contributed by atoms with Gasteiger partial charge in [0.15, 0.2) is 27.3 Å². The third kappa shape index (κ3) is 4.63. The van der Waals surface area contributed by atoms with E-state index in [1.165, 1.54) is 25.3 Å². The monoisotopic (exact) mass is 574 g/mol. The zero-order valence-corrected chi connectivity index (χ0v) is 22.8. The number of benzene rings is 1. The van der Waals surface area contributed by atoms with Crippen LogP contribution in [0.3, 0.4) is 0 Å². The van der Waals surface area contributed by atoms with Gasteiger partial charge in [0.2, 0.25) is 0 Å². The van der Waals surface area contributed by atoms with Gasteiger partial charge < -0.3 is 0 Å². The van der Waals surface area contributed by atoms with Crippen molar-refractivity contribution in [1.29, 1.82) is 0 Å². The molecule has 1 saturated carbocycles. The van der Waals surface area contributed by atoms with Gasteiger partial charge in [0, 0.05) is 29.6 Å². The number of hydrogen-bond acceptors (Lipinski definition) is 6. The molecule has 2 atom stereocenters. The molecule has 0 aliphatic heterocycles. The van der Waals surface area contributed by atoms with E-state index in [0.29, 0.717) is 23.5 Å². The zero-order chi connectivity index (χ0) is 28.4. The largest absolute Gasteiger partial charge is 0.277 e. The molecule has 4 aromatic rings. The highest BCUT2D eigenvalue weighted by molar-refractivity contribution is 7.90. The smallest absolute Gasteiger partial charge is 0.274 e. The summed E-state index contributed by atoms with van der Waals surface area (Å²) in [7, 11) is -3.93. The zero-order valence-electron chi connectivity index (χ0n) is 21.3. The van der Waals surface area contributed by atoms with Crippen LogP contribution in [0, 0.1) is 38.2 Å². The minimum absolute atomic E-state index is 0.116. The number of hydrogen-bond donors (Lipinski definition) is 0. The van der Waals surface area contributed by atoms with Crippen LogP contribution in [0.5, 0.6) is 0 Å². The van der Waals surface area contributed by atoms with E-state index in [-0.39, 0.29) is 39.4 Å². The molecule has 1 aliphatic carbocycles. The maximum atomic E-state index is 16.0. The van der Waals surface area contributed by atoms with Crippen LogP contribution in [0.2, 0.25) is 5.02 Å². The lowest BCUT2D eigenvalue weighted by Crippen LogP contribution is -2.24. The standard InChI is InChI=1S/C27H22ClF3N4O3S/c1-12-10-32-24(15-6-5-7-20(22(15)30)39(4,37)38)23(31)25(12)35-13(2)8-17(21(28)27(35)36)16-9-18(16)26-33-11-19(29)14(3)34-26/h5-8,10-11,16,18H,9H2,1-4H3/t16-,18+/m1/s1. The Hall–Kier alpha value is -3.57. The maximum absolute atomic E-state index is 16.0. The minimum Gasteiger partial charge on any atom is -0.277 e. The fraction of sp³-hybridized carbons (Fsp3) is 0.259. The second-order valence-electron chi connectivity index (χ2n) is 9.65. The molecule has 0 spiro atoms. The Labute approximate surface area is 227 Å². The summed E-state index contributed by atoms with van der Waals surface area (Å²) >= 11 is 6.52. The van der Waals surface area contributed by atoms with E-state index in [4.69, 9.17) is 11.6 Å². The van der Waals surface area contributed by atoms with Gasteiger partial charge >= 0.3 is 0 Å². The predicted octanol–water partition coefficient (Wildman–Crippen LogP) is 5.36. The number of halogens is 4. The van der Waals surface area contributed by atoms with E-state index in [1.807, 2.05) is 0 Å². The van der Waals surface area contributed by atoms with Gasteiger partial charge in [-0.1, -0.05) is 17.7 Å². The Morgan fingerprint density at radius 2 is 1.74 bits per heavy atom. The van der Waals surface area contributed by atoms with Crippen LogP contribution in [0.4, 0.5) is 13.2 Å². The van der Waals surface area contributed by atoms with Crippen LogP contribution in [0.25, 0.3) is 16.9 Å². The van der Waals surface area contributed by atoms with Crippen molar-refractivity contribution in [2.24, 2.45) is 0 Å². The Bertz CT molecular complexity index is 1840. The van der Waals surface area contributed by atoms with Gasteiger partial charge in [-0.2, -0.15) is 0 Å². The second kappa shape index (κ2) is 9.56. The fourth-order valence-electron chi connectivity index (χ4n) is 4.76. The van der Waals surface area contributed by atoms with E-state index in [1.54, 1.807) is 19.9 Å². The number of nitrogens with zero attached hydrogens (tertiary/aromatic N) is 4. The molecular formula is C27H22ClF3N4O3S. The van der Waals surface area contributed by atoms with Crippen LogP contribution < -0.4 is 5.56 Å². The van der Waals surface area contributed by atoms with Crippen molar-refractivity contribution < 1.29 is 21.6 Å². The summed E-state index contributed by atoms with van der Waals surface area (Å²) in [6.07, 6.45) is 3.84. The highest BCUT2D eigenvalue weighted by Crippen LogP contribution is 2.55. The molecule has 202 valence electrons.